The number of carbonyl (C=O) groups is 4. The Labute approximate surface area is 138 Å². The van der Waals surface area contributed by atoms with E-state index in [-0.39, 0.29) is 18.5 Å². The summed E-state index contributed by atoms with van der Waals surface area (Å²) in [5.74, 6) is -2.47. The van der Waals surface area contributed by atoms with Gasteiger partial charge in [0.15, 0.2) is 0 Å². The summed E-state index contributed by atoms with van der Waals surface area (Å²) < 4.78 is 0. The lowest BCUT2D eigenvalue weighted by Gasteiger charge is -2.27. The molecule has 0 bridgehead atoms. The van der Waals surface area contributed by atoms with Gasteiger partial charge in [-0.3, -0.25) is 24.1 Å². The van der Waals surface area contributed by atoms with Gasteiger partial charge in [0, 0.05) is 6.04 Å². The highest BCUT2D eigenvalue weighted by Crippen LogP contribution is 2.25. The topological polar surface area (TPSA) is 104 Å². The minimum absolute atomic E-state index is 0.108. The quantitative estimate of drug-likeness (QED) is 0.803. The van der Waals surface area contributed by atoms with E-state index < -0.39 is 23.7 Å². The molecule has 1 saturated carbocycles. The van der Waals surface area contributed by atoms with E-state index in [4.69, 9.17) is 5.11 Å². The van der Waals surface area contributed by atoms with E-state index in [1.807, 2.05) is 0 Å². The molecular weight excluding hydrogens is 312 g/mol. The van der Waals surface area contributed by atoms with Crippen molar-refractivity contribution in [3.63, 3.8) is 0 Å². The first kappa shape index (κ1) is 16.2. The first-order valence-corrected chi connectivity index (χ1v) is 7.94. The fourth-order valence-corrected chi connectivity index (χ4v) is 3.28. The highest BCUT2D eigenvalue weighted by molar-refractivity contribution is 6.22. The Hall–Kier alpha value is -2.70. The molecule has 1 aromatic rings. The monoisotopic (exact) mass is 330 g/mol. The lowest BCUT2D eigenvalue weighted by Crippen LogP contribution is -2.45. The Bertz CT molecular complexity index is 672. The van der Waals surface area contributed by atoms with Crippen LogP contribution in [0.4, 0.5) is 0 Å². The molecule has 2 N–H and O–H groups in total. The van der Waals surface area contributed by atoms with Gasteiger partial charge in [0.1, 0.15) is 6.54 Å². The molecule has 1 fully saturated rings. The Morgan fingerprint density at radius 2 is 1.58 bits per heavy atom. The van der Waals surface area contributed by atoms with Crippen molar-refractivity contribution in [1.29, 1.82) is 0 Å². The summed E-state index contributed by atoms with van der Waals surface area (Å²) in [5.41, 5.74) is 0.634. The third-order valence-electron chi connectivity index (χ3n) is 4.62. The maximum absolute atomic E-state index is 12.2. The highest BCUT2D eigenvalue weighted by Gasteiger charge is 2.36. The molecule has 0 atom stereocenters. The fraction of sp³-hybridized carbons (Fsp3) is 0.412. The number of nitrogens with zero attached hydrogens (tertiary/aromatic N) is 1. The van der Waals surface area contributed by atoms with Crippen LogP contribution in [0.1, 0.15) is 46.4 Å². The Balaban J connectivity index is 1.56. The summed E-state index contributed by atoms with van der Waals surface area (Å²) >= 11 is 0. The smallest absolute Gasteiger partial charge is 0.306 e. The molecule has 0 spiro atoms. The molecule has 126 valence electrons. The average molecular weight is 330 g/mol. The summed E-state index contributed by atoms with van der Waals surface area (Å²) in [6, 6.07) is 6.38. The highest BCUT2D eigenvalue weighted by atomic mass is 16.4. The molecule has 3 amide bonds. The average Bonchev–Trinajstić information content (AvgIpc) is 2.81. The van der Waals surface area contributed by atoms with E-state index in [2.05, 4.69) is 5.32 Å². The van der Waals surface area contributed by atoms with E-state index in [1.54, 1.807) is 24.3 Å². The number of rotatable bonds is 4. The van der Waals surface area contributed by atoms with Gasteiger partial charge in [0.2, 0.25) is 5.91 Å². The lowest BCUT2D eigenvalue weighted by molar-refractivity contribution is -0.142. The lowest BCUT2D eigenvalue weighted by atomic mass is 9.86. The molecule has 0 aromatic heterocycles. The molecule has 1 heterocycles. The maximum Gasteiger partial charge on any atom is 0.306 e. The van der Waals surface area contributed by atoms with Crippen molar-refractivity contribution in [2.24, 2.45) is 5.92 Å². The first-order valence-electron chi connectivity index (χ1n) is 7.94. The SMILES string of the molecule is O=C(CN1C(=O)c2ccccc2C1=O)NC1CCC(C(=O)O)CC1. The van der Waals surface area contributed by atoms with Crippen LogP contribution in [-0.2, 0) is 9.59 Å². The van der Waals surface area contributed by atoms with Crippen molar-refractivity contribution in [3.05, 3.63) is 35.4 Å². The zero-order valence-electron chi connectivity index (χ0n) is 13.0. The van der Waals surface area contributed by atoms with Crippen LogP contribution in [0.15, 0.2) is 24.3 Å². The van der Waals surface area contributed by atoms with Gasteiger partial charge in [0.05, 0.1) is 17.0 Å². The van der Waals surface area contributed by atoms with Crippen molar-refractivity contribution >= 4 is 23.7 Å². The van der Waals surface area contributed by atoms with Gasteiger partial charge in [-0.2, -0.15) is 0 Å². The van der Waals surface area contributed by atoms with Crippen LogP contribution in [-0.4, -0.2) is 46.3 Å². The third-order valence-corrected chi connectivity index (χ3v) is 4.62. The van der Waals surface area contributed by atoms with Crippen molar-refractivity contribution in [3.8, 4) is 0 Å². The Morgan fingerprint density at radius 3 is 2.08 bits per heavy atom. The normalized spacial score (nSPS) is 23.1. The van der Waals surface area contributed by atoms with Crippen molar-refractivity contribution in [2.45, 2.75) is 31.7 Å². The predicted octanol–water partition coefficient (Wildman–Crippen LogP) is 1.04. The largest absolute Gasteiger partial charge is 0.481 e. The Morgan fingerprint density at radius 1 is 1.04 bits per heavy atom. The number of carboxylic acid groups (broad SMARTS) is 1. The molecule has 7 nitrogen and oxygen atoms in total. The van der Waals surface area contributed by atoms with Crippen LogP contribution in [0.2, 0.25) is 0 Å². The number of hydrogen-bond donors (Lipinski definition) is 2. The van der Waals surface area contributed by atoms with Crippen molar-refractivity contribution in [2.75, 3.05) is 6.54 Å². The van der Waals surface area contributed by atoms with Gasteiger partial charge in [-0.15, -0.1) is 0 Å². The van der Waals surface area contributed by atoms with Crippen molar-refractivity contribution < 1.29 is 24.3 Å². The van der Waals surface area contributed by atoms with E-state index in [9.17, 15) is 19.2 Å². The second-order valence-electron chi connectivity index (χ2n) is 6.20. The fourth-order valence-electron chi connectivity index (χ4n) is 3.28. The standard InChI is InChI=1S/C17H18N2O5/c20-14(18-11-7-5-10(6-8-11)17(23)24)9-19-15(21)12-3-1-2-4-13(12)16(19)22/h1-4,10-11H,5-9H2,(H,18,20)(H,23,24). The minimum Gasteiger partial charge on any atom is -0.481 e. The zero-order chi connectivity index (χ0) is 17.3. The number of aliphatic carboxylic acids is 1. The predicted molar refractivity (Wildman–Crippen MR) is 83.3 cm³/mol. The number of fused-ring (bicyclic) bond motifs is 1. The number of nitrogens with one attached hydrogen (secondary N) is 1. The molecule has 0 radical (unpaired) electrons. The second kappa shape index (κ2) is 6.43. The molecule has 3 rings (SSSR count). The van der Waals surface area contributed by atoms with E-state index in [0.717, 1.165) is 4.90 Å². The third kappa shape index (κ3) is 3.02. The van der Waals surface area contributed by atoms with Crippen LogP contribution in [0, 0.1) is 5.92 Å². The molecule has 7 heteroatoms. The summed E-state index contributed by atoms with van der Waals surface area (Å²) in [5, 5.41) is 11.8. The summed E-state index contributed by atoms with van der Waals surface area (Å²) in [6.45, 7) is -0.314. The van der Waals surface area contributed by atoms with Gasteiger partial charge in [-0.25, -0.2) is 0 Å². The zero-order valence-corrected chi connectivity index (χ0v) is 13.0. The Kier molecular flexibility index (Phi) is 4.33. The number of benzene rings is 1. The van der Waals surface area contributed by atoms with Gasteiger partial charge < -0.3 is 10.4 Å². The molecule has 24 heavy (non-hydrogen) atoms. The van der Waals surface area contributed by atoms with Crippen LogP contribution in [0.3, 0.4) is 0 Å². The molecular formula is C17H18N2O5. The summed E-state index contributed by atoms with van der Waals surface area (Å²) in [7, 11) is 0. The van der Waals surface area contributed by atoms with Crippen LogP contribution in [0.5, 0.6) is 0 Å². The number of amides is 3. The molecule has 0 unspecified atom stereocenters. The van der Waals surface area contributed by atoms with Gasteiger partial charge in [-0.05, 0) is 37.8 Å². The van der Waals surface area contributed by atoms with Gasteiger partial charge >= 0.3 is 5.97 Å². The minimum atomic E-state index is -0.800. The van der Waals surface area contributed by atoms with E-state index in [1.165, 1.54) is 0 Å². The molecule has 1 aromatic carbocycles. The molecule has 2 aliphatic rings. The second-order valence-corrected chi connectivity index (χ2v) is 6.20. The van der Waals surface area contributed by atoms with Crippen molar-refractivity contribution in [1.82, 2.24) is 10.2 Å². The van der Waals surface area contributed by atoms with E-state index >= 15 is 0 Å². The maximum atomic E-state index is 12.2. The number of carboxylic acids is 1. The van der Waals surface area contributed by atoms with E-state index in [0.29, 0.717) is 36.8 Å². The molecule has 0 saturated heterocycles. The number of carbonyl (C=O) groups excluding carboxylic acids is 3. The van der Waals surface area contributed by atoms with Crippen LogP contribution in [0.25, 0.3) is 0 Å². The molecule has 1 aliphatic heterocycles. The van der Waals surface area contributed by atoms with Crippen LogP contribution < -0.4 is 5.32 Å². The first-order chi connectivity index (χ1) is 11.5. The summed E-state index contributed by atoms with van der Waals surface area (Å²) in [6.07, 6.45) is 2.22. The van der Waals surface area contributed by atoms with Gasteiger partial charge in [-0.1, -0.05) is 12.1 Å². The number of imide groups is 1. The summed E-state index contributed by atoms with van der Waals surface area (Å²) in [4.78, 5) is 48.4. The van der Waals surface area contributed by atoms with Gasteiger partial charge in [0.25, 0.3) is 11.8 Å². The molecule has 1 aliphatic carbocycles. The van der Waals surface area contributed by atoms with Crippen LogP contribution >= 0.6 is 0 Å². The number of hydrogen-bond acceptors (Lipinski definition) is 4.